The molecule has 0 unspecified atom stereocenters. The first kappa shape index (κ1) is 11.5. The van der Waals surface area contributed by atoms with E-state index in [4.69, 9.17) is 4.74 Å². The summed E-state index contributed by atoms with van der Waals surface area (Å²) in [5, 5.41) is 0. The zero-order valence-electron chi connectivity index (χ0n) is 10.3. The number of esters is 1. The van der Waals surface area contributed by atoms with Crippen molar-refractivity contribution in [3.63, 3.8) is 0 Å². The van der Waals surface area contributed by atoms with Crippen LogP contribution in [0.2, 0.25) is 0 Å². The Morgan fingerprint density at radius 2 is 1.94 bits per heavy atom. The van der Waals surface area contributed by atoms with E-state index >= 15 is 0 Å². The Labute approximate surface area is 105 Å². The van der Waals surface area contributed by atoms with Crippen molar-refractivity contribution in [2.45, 2.75) is 44.4 Å². The smallest absolute Gasteiger partial charge is 0.344 e. The van der Waals surface area contributed by atoms with Crippen molar-refractivity contribution in [1.29, 1.82) is 0 Å². The molecule has 4 heteroatoms. The summed E-state index contributed by atoms with van der Waals surface area (Å²) >= 11 is 0. The first-order valence-corrected chi connectivity index (χ1v) is 6.69. The summed E-state index contributed by atoms with van der Waals surface area (Å²) in [6, 6.07) is 2.01. The van der Waals surface area contributed by atoms with Crippen LogP contribution in [0.15, 0.2) is 10.9 Å². The lowest BCUT2D eigenvalue weighted by Crippen LogP contribution is -2.29. The Morgan fingerprint density at radius 1 is 1.17 bits per heavy atom. The van der Waals surface area contributed by atoms with Gasteiger partial charge in [-0.3, -0.25) is 4.79 Å². The van der Waals surface area contributed by atoms with Gasteiger partial charge in [-0.1, -0.05) is 19.3 Å². The minimum absolute atomic E-state index is 0.209. The maximum Gasteiger partial charge on any atom is 0.344 e. The van der Waals surface area contributed by atoms with Gasteiger partial charge in [-0.15, -0.1) is 0 Å². The highest BCUT2D eigenvalue weighted by molar-refractivity contribution is 5.91. The van der Waals surface area contributed by atoms with Crippen molar-refractivity contribution in [3.05, 3.63) is 33.2 Å². The number of H-pyrrole nitrogens is 1. The van der Waals surface area contributed by atoms with Gasteiger partial charge >= 0.3 is 5.97 Å². The fourth-order valence-corrected chi connectivity index (χ4v) is 3.02. The lowest BCUT2D eigenvalue weighted by Gasteiger charge is -2.23. The quantitative estimate of drug-likeness (QED) is 0.773. The second-order valence-electron chi connectivity index (χ2n) is 5.17. The van der Waals surface area contributed by atoms with Gasteiger partial charge in [-0.05, 0) is 30.4 Å². The maximum atomic E-state index is 12.0. The van der Waals surface area contributed by atoms with E-state index in [9.17, 15) is 9.59 Å². The standard InChI is InChI=1S/C14H17NO3/c16-13-12-10(6-7-18-14(12)17)8-11(15-13)9-4-2-1-3-5-9/h8-9H,1-7H2,(H,15,16). The molecule has 18 heavy (non-hydrogen) atoms. The molecule has 1 saturated carbocycles. The van der Waals surface area contributed by atoms with Gasteiger partial charge < -0.3 is 9.72 Å². The van der Waals surface area contributed by atoms with Crippen molar-refractivity contribution in [1.82, 2.24) is 4.98 Å². The average Bonchev–Trinajstić information content (AvgIpc) is 2.39. The summed E-state index contributed by atoms with van der Waals surface area (Å²) in [7, 11) is 0. The molecule has 3 rings (SSSR count). The van der Waals surface area contributed by atoms with E-state index in [1.54, 1.807) is 0 Å². The molecule has 0 bridgehead atoms. The van der Waals surface area contributed by atoms with Gasteiger partial charge in [0.25, 0.3) is 5.56 Å². The van der Waals surface area contributed by atoms with Crippen molar-refractivity contribution < 1.29 is 9.53 Å². The lowest BCUT2D eigenvalue weighted by atomic mass is 9.85. The van der Waals surface area contributed by atoms with Crippen molar-refractivity contribution in [3.8, 4) is 0 Å². The van der Waals surface area contributed by atoms with Gasteiger partial charge in [-0.2, -0.15) is 0 Å². The van der Waals surface area contributed by atoms with Crippen LogP contribution in [-0.2, 0) is 11.2 Å². The van der Waals surface area contributed by atoms with Crippen LogP contribution in [0.4, 0.5) is 0 Å². The molecular weight excluding hydrogens is 230 g/mol. The number of pyridine rings is 1. The van der Waals surface area contributed by atoms with Crippen LogP contribution in [0.3, 0.4) is 0 Å². The molecule has 0 radical (unpaired) electrons. The topological polar surface area (TPSA) is 59.2 Å². The number of fused-ring (bicyclic) bond motifs is 1. The van der Waals surface area contributed by atoms with E-state index in [-0.39, 0.29) is 11.1 Å². The number of carbonyl (C=O) groups excluding carboxylic acids is 1. The zero-order valence-corrected chi connectivity index (χ0v) is 10.3. The molecule has 0 spiro atoms. The Morgan fingerprint density at radius 3 is 2.72 bits per heavy atom. The highest BCUT2D eigenvalue weighted by Crippen LogP contribution is 2.32. The molecule has 96 valence electrons. The summed E-state index contributed by atoms with van der Waals surface area (Å²) in [6.07, 6.45) is 6.68. The molecule has 1 fully saturated rings. The normalized spacial score (nSPS) is 20.3. The van der Waals surface area contributed by atoms with E-state index in [2.05, 4.69) is 4.98 Å². The van der Waals surface area contributed by atoms with Gasteiger partial charge in [0.2, 0.25) is 0 Å². The van der Waals surface area contributed by atoms with Crippen LogP contribution in [0.1, 0.15) is 59.6 Å². The highest BCUT2D eigenvalue weighted by atomic mass is 16.5. The fraction of sp³-hybridized carbons (Fsp3) is 0.571. The van der Waals surface area contributed by atoms with Crippen LogP contribution in [0.5, 0.6) is 0 Å². The molecule has 1 aliphatic heterocycles. The molecule has 0 atom stereocenters. The largest absolute Gasteiger partial charge is 0.462 e. The Bertz CT molecular complexity index is 526. The molecule has 1 aromatic rings. The van der Waals surface area contributed by atoms with Crippen LogP contribution in [0.25, 0.3) is 0 Å². The van der Waals surface area contributed by atoms with E-state index in [1.165, 1.54) is 19.3 Å². The molecule has 0 saturated heterocycles. The van der Waals surface area contributed by atoms with Crippen LogP contribution < -0.4 is 5.56 Å². The summed E-state index contributed by atoms with van der Waals surface area (Å²) in [6.45, 7) is 0.388. The van der Waals surface area contributed by atoms with Gasteiger partial charge in [0.15, 0.2) is 0 Å². The van der Waals surface area contributed by atoms with Crippen LogP contribution >= 0.6 is 0 Å². The number of aromatic nitrogens is 1. The molecule has 0 aromatic carbocycles. The Balaban J connectivity index is 2.00. The first-order valence-electron chi connectivity index (χ1n) is 6.69. The third-order valence-electron chi connectivity index (χ3n) is 3.99. The zero-order chi connectivity index (χ0) is 12.5. The number of nitrogens with one attached hydrogen (secondary N) is 1. The van der Waals surface area contributed by atoms with Crippen molar-refractivity contribution >= 4 is 5.97 Å². The predicted octanol–water partition coefficient (Wildman–Crippen LogP) is 2.14. The Hall–Kier alpha value is -1.58. The number of cyclic esters (lactones) is 1. The summed E-state index contributed by atoms with van der Waals surface area (Å²) in [4.78, 5) is 26.4. The second-order valence-corrected chi connectivity index (χ2v) is 5.17. The van der Waals surface area contributed by atoms with E-state index < -0.39 is 5.97 Å². The third-order valence-corrected chi connectivity index (χ3v) is 3.99. The molecule has 1 aliphatic carbocycles. The number of carbonyl (C=O) groups is 1. The van der Waals surface area contributed by atoms with E-state index in [0.717, 1.165) is 24.1 Å². The number of hydrogen-bond acceptors (Lipinski definition) is 3. The third kappa shape index (κ3) is 1.96. The Kier molecular flexibility index (Phi) is 2.94. The number of aromatic amines is 1. The minimum atomic E-state index is -0.479. The van der Waals surface area contributed by atoms with Crippen LogP contribution in [-0.4, -0.2) is 17.6 Å². The van der Waals surface area contributed by atoms with Gasteiger partial charge in [0, 0.05) is 12.1 Å². The average molecular weight is 247 g/mol. The lowest BCUT2D eigenvalue weighted by molar-refractivity contribution is 0.0477. The fourth-order valence-electron chi connectivity index (χ4n) is 3.02. The molecule has 0 amide bonds. The second kappa shape index (κ2) is 4.59. The predicted molar refractivity (Wildman–Crippen MR) is 66.9 cm³/mol. The number of hydrogen-bond donors (Lipinski definition) is 1. The molecule has 2 aliphatic rings. The summed E-state index contributed by atoms with van der Waals surface area (Å²) in [5.41, 5.74) is 1.79. The van der Waals surface area contributed by atoms with E-state index in [0.29, 0.717) is 18.9 Å². The number of rotatable bonds is 1. The molecule has 1 N–H and O–H groups in total. The maximum absolute atomic E-state index is 12.0. The minimum Gasteiger partial charge on any atom is -0.462 e. The highest BCUT2D eigenvalue weighted by Gasteiger charge is 2.25. The van der Waals surface area contributed by atoms with Gasteiger partial charge in [0.05, 0.1) is 6.61 Å². The van der Waals surface area contributed by atoms with Gasteiger partial charge in [0.1, 0.15) is 5.56 Å². The number of ether oxygens (including phenoxy) is 1. The molecular formula is C14H17NO3. The van der Waals surface area contributed by atoms with Gasteiger partial charge in [-0.25, -0.2) is 4.79 Å². The SMILES string of the molecule is O=C1OCCc2cc(C3CCCCC3)[nH]c(=O)c21. The molecule has 4 nitrogen and oxygen atoms in total. The first-order chi connectivity index (χ1) is 8.75. The van der Waals surface area contributed by atoms with E-state index in [1.807, 2.05) is 6.07 Å². The summed E-state index contributed by atoms with van der Waals surface area (Å²) < 4.78 is 4.91. The van der Waals surface area contributed by atoms with Crippen LogP contribution in [0, 0.1) is 0 Å². The van der Waals surface area contributed by atoms with Crippen molar-refractivity contribution in [2.24, 2.45) is 0 Å². The summed E-state index contributed by atoms with van der Waals surface area (Å²) in [5.74, 6) is -0.0256. The monoisotopic (exact) mass is 247 g/mol. The molecule has 2 heterocycles. The van der Waals surface area contributed by atoms with Crippen molar-refractivity contribution in [2.75, 3.05) is 6.61 Å². The molecule has 1 aromatic heterocycles.